The van der Waals surface area contributed by atoms with Crippen LogP contribution in [0.25, 0.3) is 0 Å². The Bertz CT molecular complexity index is 400. The highest BCUT2D eigenvalue weighted by molar-refractivity contribution is 6.06. The van der Waals surface area contributed by atoms with Gasteiger partial charge in [-0.15, -0.1) is 0 Å². The highest BCUT2D eigenvalue weighted by Crippen LogP contribution is 2.16. The molecule has 0 aliphatic rings. The van der Waals surface area contributed by atoms with Crippen LogP contribution in [0.3, 0.4) is 0 Å². The van der Waals surface area contributed by atoms with Crippen molar-refractivity contribution in [3.63, 3.8) is 0 Å². The SMILES string of the molecule is COC(=O)CC(=O)c1ccc(O)cc1F. The molecular weight excluding hydrogens is 203 g/mol. The van der Waals surface area contributed by atoms with Crippen molar-refractivity contribution in [3.8, 4) is 5.75 Å². The van der Waals surface area contributed by atoms with Gasteiger partial charge in [0, 0.05) is 6.07 Å². The minimum Gasteiger partial charge on any atom is -0.508 e. The van der Waals surface area contributed by atoms with Crippen LogP contribution in [0.15, 0.2) is 18.2 Å². The Morgan fingerprint density at radius 2 is 2.13 bits per heavy atom. The fourth-order valence-electron chi connectivity index (χ4n) is 1.03. The molecule has 1 aromatic carbocycles. The van der Waals surface area contributed by atoms with Crippen molar-refractivity contribution in [1.29, 1.82) is 0 Å². The number of Topliss-reactive ketones (excluding diaryl/α,β-unsaturated/α-hetero) is 1. The summed E-state index contributed by atoms with van der Waals surface area (Å²) in [6, 6.07) is 3.11. The summed E-state index contributed by atoms with van der Waals surface area (Å²) >= 11 is 0. The van der Waals surface area contributed by atoms with Crippen LogP contribution in [0.2, 0.25) is 0 Å². The second-order valence-electron chi connectivity index (χ2n) is 2.84. The van der Waals surface area contributed by atoms with Crippen LogP contribution >= 0.6 is 0 Å². The van der Waals surface area contributed by atoms with E-state index in [0.29, 0.717) is 0 Å². The third-order valence-electron chi connectivity index (χ3n) is 1.79. The zero-order valence-corrected chi connectivity index (χ0v) is 7.99. The average molecular weight is 212 g/mol. The Labute approximate surface area is 85.3 Å². The number of carbonyl (C=O) groups is 2. The van der Waals surface area contributed by atoms with Gasteiger partial charge in [-0.3, -0.25) is 9.59 Å². The maximum Gasteiger partial charge on any atom is 0.313 e. The first-order valence-corrected chi connectivity index (χ1v) is 4.13. The largest absolute Gasteiger partial charge is 0.508 e. The van der Waals surface area contributed by atoms with Gasteiger partial charge in [-0.05, 0) is 12.1 Å². The quantitative estimate of drug-likeness (QED) is 0.465. The fraction of sp³-hybridized carbons (Fsp3) is 0.200. The molecule has 0 unspecified atom stereocenters. The van der Waals surface area contributed by atoms with E-state index in [1.165, 1.54) is 6.07 Å². The molecule has 0 spiro atoms. The molecule has 0 saturated heterocycles. The summed E-state index contributed by atoms with van der Waals surface area (Å²) in [6.45, 7) is 0. The number of hydrogen-bond donors (Lipinski definition) is 1. The van der Waals surface area contributed by atoms with E-state index in [2.05, 4.69) is 4.74 Å². The van der Waals surface area contributed by atoms with E-state index in [9.17, 15) is 14.0 Å². The molecule has 15 heavy (non-hydrogen) atoms. The number of methoxy groups -OCH3 is 1. The van der Waals surface area contributed by atoms with Gasteiger partial charge in [-0.25, -0.2) is 4.39 Å². The van der Waals surface area contributed by atoms with Crippen molar-refractivity contribution in [2.24, 2.45) is 0 Å². The number of hydrogen-bond acceptors (Lipinski definition) is 4. The third kappa shape index (κ3) is 2.77. The minimum absolute atomic E-state index is 0.238. The summed E-state index contributed by atoms with van der Waals surface area (Å²) in [5, 5.41) is 8.90. The number of esters is 1. The molecular formula is C10H9FO4. The van der Waals surface area contributed by atoms with Crippen LogP contribution in [0.5, 0.6) is 5.75 Å². The van der Waals surface area contributed by atoms with E-state index in [0.717, 1.165) is 19.2 Å². The Morgan fingerprint density at radius 1 is 1.47 bits per heavy atom. The van der Waals surface area contributed by atoms with Gasteiger partial charge in [-0.1, -0.05) is 0 Å². The van der Waals surface area contributed by atoms with E-state index >= 15 is 0 Å². The number of ether oxygens (including phenoxy) is 1. The van der Waals surface area contributed by atoms with Gasteiger partial charge < -0.3 is 9.84 Å². The standard InChI is InChI=1S/C10H9FO4/c1-15-10(14)5-9(13)7-3-2-6(12)4-8(7)11/h2-4,12H,5H2,1H3. The average Bonchev–Trinajstić information content (AvgIpc) is 2.17. The molecule has 0 saturated carbocycles. The van der Waals surface area contributed by atoms with E-state index < -0.39 is 24.0 Å². The maximum absolute atomic E-state index is 13.1. The first-order valence-electron chi connectivity index (χ1n) is 4.13. The minimum atomic E-state index is -0.857. The molecule has 1 aromatic rings. The molecule has 0 heterocycles. The van der Waals surface area contributed by atoms with Crippen LogP contribution in [0, 0.1) is 5.82 Å². The van der Waals surface area contributed by atoms with Crippen LogP contribution in [0.4, 0.5) is 4.39 Å². The van der Waals surface area contributed by atoms with E-state index in [4.69, 9.17) is 5.11 Å². The molecule has 0 bridgehead atoms. The molecule has 0 aliphatic heterocycles. The van der Waals surface area contributed by atoms with Crippen LogP contribution in [-0.2, 0) is 9.53 Å². The van der Waals surface area contributed by atoms with Crippen molar-refractivity contribution in [3.05, 3.63) is 29.6 Å². The van der Waals surface area contributed by atoms with Crippen molar-refractivity contribution in [2.45, 2.75) is 6.42 Å². The second-order valence-corrected chi connectivity index (χ2v) is 2.84. The number of rotatable bonds is 3. The summed E-state index contributed by atoms with van der Waals surface area (Å²) in [6.07, 6.45) is -0.516. The number of carbonyl (C=O) groups excluding carboxylic acids is 2. The summed E-state index contributed by atoms with van der Waals surface area (Å²) in [5.41, 5.74) is -0.238. The summed E-state index contributed by atoms with van der Waals surface area (Å²) in [5.74, 6) is -2.54. The molecule has 0 atom stereocenters. The Hall–Kier alpha value is -1.91. The molecule has 0 fully saturated rings. The monoisotopic (exact) mass is 212 g/mol. The van der Waals surface area contributed by atoms with Crippen molar-refractivity contribution < 1.29 is 23.8 Å². The zero-order valence-electron chi connectivity index (χ0n) is 7.99. The molecule has 4 nitrogen and oxygen atoms in total. The smallest absolute Gasteiger partial charge is 0.313 e. The lowest BCUT2D eigenvalue weighted by Crippen LogP contribution is -2.10. The van der Waals surface area contributed by atoms with Crippen LogP contribution in [0.1, 0.15) is 16.8 Å². The molecule has 0 aliphatic carbocycles. The Kier molecular flexibility index (Phi) is 3.38. The highest BCUT2D eigenvalue weighted by atomic mass is 19.1. The summed E-state index contributed by atoms with van der Waals surface area (Å²) in [7, 11) is 1.14. The van der Waals surface area contributed by atoms with E-state index in [1.54, 1.807) is 0 Å². The van der Waals surface area contributed by atoms with Gasteiger partial charge in [0.15, 0.2) is 5.78 Å². The van der Waals surface area contributed by atoms with Gasteiger partial charge in [0.2, 0.25) is 0 Å². The lowest BCUT2D eigenvalue weighted by Gasteiger charge is -2.01. The summed E-state index contributed by atoms with van der Waals surface area (Å²) < 4.78 is 17.4. The topological polar surface area (TPSA) is 63.6 Å². The number of halogens is 1. The lowest BCUT2D eigenvalue weighted by atomic mass is 10.1. The first-order chi connectivity index (χ1) is 7.04. The van der Waals surface area contributed by atoms with Crippen molar-refractivity contribution >= 4 is 11.8 Å². The van der Waals surface area contributed by atoms with Gasteiger partial charge in [-0.2, -0.15) is 0 Å². The van der Waals surface area contributed by atoms with Crippen molar-refractivity contribution in [2.75, 3.05) is 7.11 Å². The predicted octanol–water partition coefficient (Wildman–Crippen LogP) is 1.28. The maximum atomic E-state index is 13.1. The lowest BCUT2D eigenvalue weighted by molar-refractivity contribution is -0.139. The highest BCUT2D eigenvalue weighted by Gasteiger charge is 2.16. The van der Waals surface area contributed by atoms with Crippen LogP contribution in [-0.4, -0.2) is 24.0 Å². The third-order valence-corrected chi connectivity index (χ3v) is 1.79. The predicted molar refractivity (Wildman–Crippen MR) is 49.0 cm³/mol. The summed E-state index contributed by atoms with van der Waals surface area (Å²) in [4.78, 5) is 22.1. The van der Waals surface area contributed by atoms with Gasteiger partial charge in [0.1, 0.15) is 18.0 Å². The number of phenols is 1. The van der Waals surface area contributed by atoms with Gasteiger partial charge in [0.05, 0.1) is 12.7 Å². The second kappa shape index (κ2) is 4.54. The number of benzene rings is 1. The number of phenolic OH excluding ortho intramolecular Hbond substituents is 1. The van der Waals surface area contributed by atoms with Gasteiger partial charge in [0.25, 0.3) is 0 Å². The normalized spacial score (nSPS) is 9.73. The molecule has 0 radical (unpaired) electrons. The van der Waals surface area contributed by atoms with E-state index in [-0.39, 0.29) is 11.3 Å². The van der Waals surface area contributed by atoms with Gasteiger partial charge >= 0.3 is 5.97 Å². The van der Waals surface area contributed by atoms with E-state index in [1.807, 2.05) is 0 Å². The molecule has 1 rings (SSSR count). The van der Waals surface area contributed by atoms with Crippen molar-refractivity contribution in [1.82, 2.24) is 0 Å². The molecule has 0 amide bonds. The molecule has 5 heteroatoms. The Morgan fingerprint density at radius 3 is 2.67 bits per heavy atom. The van der Waals surface area contributed by atoms with Crippen LogP contribution < -0.4 is 0 Å². The molecule has 1 N–H and O–H groups in total. The zero-order chi connectivity index (χ0) is 11.4. The fourth-order valence-corrected chi connectivity index (χ4v) is 1.03. The molecule has 0 aromatic heterocycles. The first kappa shape index (κ1) is 11.2. The molecule has 80 valence electrons. The number of aromatic hydroxyl groups is 1. The Balaban J connectivity index is 2.87. The number of ketones is 1.